The minimum Gasteiger partial charge on any atom is -0.447 e. The van der Waals surface area contributed by atoms with Gasteiger partial charge in [0.25, 0.3) is 0 Å². The molecule has 1 amide bonds. The maximum Gasteiger partial charge on any atom is 0.404 e. The van der Waals surface area contributed by atoms with Crippen LogP contribution in [0.5, 0.6) is 0 Å². The monoisotopic (exact) mass is 314 g/mol. The van der Waals surface area contributed by atoms with Crippen molar-refractivity contribution in [3.05, 3.63) is 10.4 Å². The number of ether oxygens (including phenoxy) is 2. The number of hydrogen-bond donors (Lipinski definition) is 1. The SMILES string of the molecule is [N-]=[N+]=NCCCCCCCCCCCCOCCOC(N)=O. The highest BCUT2D eigenvalue weighted by atomic mass is 16.6. The lowest BCUT2D eigenvalue weighted by Gasteiger charge is -2.04. The third-order valence-electron chi connectivity index (χ3n) is 3.33. The van der Waals surface area contributed by atoms with Crippen molar-refractivity contribution in [2.24, 2.45) is 10.8 Å². The summed E-state index contributed by atoms with van der Waals surface area (Å²) in [6.07, 6.45) is 11.3. The van der Waals surface area contributed by atoms with Gasteiger partial charge in [-0.1, -0.05) is 56.5 Å². The number of hydrogen-bond acceptors (Lipinski definition) is 4. The molecule has 22 heavy (non-hydrogen) atoms. The summed E-state index contributed by atoms with van der Waals surface area (Å²) in [4.78, 5) is 13.0. The quantitative estimate of drug-likeness (QED) is 0.198. The molecule has 7 heteroatoms. The highest BCUT2D eigenvalue weighted by Crippen LogP contribution is 2.10. The third-order valence-corrected chi connectivity index (χ3v) is 3.33. The van der Waals surface area contributed by atoms with Crippen molar-refractivity contribution in [2.45, 2.75) is 64.2 Å². The van der Waals surface area contributed by atoms with Crippen LogP contribution in [-0.2, 0) is 9.47 Å². The molecule has 0 aromatic rings. The fraction of sp³-hybridized carbons (Fsp3) is 0.933. The molecule has 0 unspecified atom stereocenters. The highest BCUT2D eigenvalue weighted by molar-refractivity contribution is 5.64. The van der Waals surface area contributed by atoms with E-state index in [1.165, 1.54) is 44.9 Å². The molecule has 128 valence electrons. The molecule has 0 aliphatic heterocycles. The molecule has 0 fully saturated rings. The summed E-state index contributed by atoms with van der Waals surface area (Å²) >= 11 is 0. The summed E-state index contributed by atoms with van der Waals surface area (Å²) in [6, 6.07) is 0. The average molecular weight is 314 g/mol. The van der Waals surface area contributed by atoms with E-state index in [4.69, 9.17) is 16.0 Å². The van der Waals surface area contributed by atoms with E-state index in [0.29, 0.717) is 19.8 Å². The number of rotatable bonds is 16. The molecule has 0 rings (SSSR count). The van der Waals surface area contributed by atoms with Gasteiger partial charge in [0.15, 0.2) is 0 Å². The van der Waals surface area contributed by atoms with Crippen molar-refractivity contribution in [1.29, 1.82) is 0 Å². The fourth-order valence-corrected chi connectivity index (χ4v) is 2.15. The van der Waals surface area contributed by atoms with Gasteiger partial charge in [0, 0.05) is 18.1 Å². The van der Waals surface area contributed by atoms with Gasteiger partial charge in [-0.05, 0) is 18.4 Å². The number of amides is 1. The van der Waals surface area contributed by atoms with E-state index in [2.05, 4.69) is 14.8 Å². The number of carbonyl (C=O) groups is 1. The molecule has 0 spiro atoms. The van der Waals surface area contributed by atoms with Gasteiger partial charge in [-0.2, -0.15) is 0 Å². The molecule has 0 saturated heterocycles. The Morgan fingerprint density at radius 2 is 1.41 bits per heavy atom. The second-order valence-corrected chi connectivity index (χ2v) is 5.27. The van der Waals surface area contributed by atoms with Crippen molar-refractivity contribution >= 4 is 6.09 Å². The molecule has 0 aliphatic carbocycles. The summed E-state index contributed by atoms with van der Waals surface area (Å²) in [7, 11) is 0. The van der Waals surface area contributed by atoms with Crippen LogP contribution in [0.15, 0.2) is 5.11 Å². The molecule has 0 aromatic heterocycles. The van der Waals surface area contributed by atoms with Crippen molar-refractivity contribution in [3.8, 4) is 0 Å². The van der Waals surface area contributed by atoms with Gasteiger partial charge in [0.2, 0.25) is 0 Å². The summed E-state index contributed by atoms with van der Waals surface area (Å²) in [5.74, 6) is 0. The van der Waals surface area contributed by atoms with Gasteiger partial charge in [0.05, 0.1) is 6.61 Å². The van der Waals surface area contributed by atoms with E-state index < -0.39 is 6.09 Å². The Morgan fingerprint density at radius 3 is 1.95 bits per heavy atom. The molecule has 0 heterocycles. The van der Waals surface area contributed by atoms with E-state index in [9.17, 15) is 4.79 Å². The van der Waals surface area contributed by atoms with Gasteiger partial charge in [-0.3, -0.25) is 0 Å². The van der Waals surface area contributed by atoms with E-state index >= 15 is 0 Å². The molecule has 0 bridgehead atoms. The van der Waals surface area contributed by atoms with Crippen LogP contribution in [0.4, 0.5) is 4.79 Å². The van der Waals surface area contributed by atoms with Gasteiger partial charge in [0.1, 0.15) is 6.61 Å². The Labute approximate surface area is 133 Å². The first-order chi connectivity index (χ1) is 10.8. The molecule has 0 aliphatic rings. The van der Waals surface area contributed by atoms with Crippen LogP contribution in [0.3, 0.4) is 0 Å². The molecule has 0 saturated carbocycles. The Morgan fingerprint density at radius 1 is 0.864 bits per heavy atom. The number of nitrogens with two attached hydrogens (primary N) is 1. The van der Waals surface area contributed by atoms with Crippen LogP contribution in [0.1, 0.15) is 64.2 Å². The second-order valence-electron chi connectivity index (χ2n) is 5.27. The van der Waals surface area contributed by atoms with Crippen molar-refractivity contribution in [1.82, 2.24) is 0 Å². The lowest BCUT2D eigenvalue weighted by Crippen LogP contribution is -2.16. The Balaban J connectivity index is 2.99. The zero-order valence-corrected chi connectivity index (χ0v) is 13.5. The standard InChI is InChI=1S/C15H30N4O3/c16-15(20)22-14-13-21-12-10-8-6-4-2-1-3-5-7-9-11-18-19-17/h1-14H2,(H2,16,20). The van der Waals surface area contributed by atoms with Crippen LogP contribution in [0.2, 0.25) is 0 Å². The summed E-state index contributed by atoms with van der Waals surface area (Å²) in [5.41, 5.74) is 13.0. The Kier molecular flexibility index (Phi) is 16.4. The zero-order chi connectivity index (χ0) is 16.3. The van der Waals surface area contributed by atoms with Crippen LogP contribution in [0, 0.1) is 0 Å². The maximum absolute atomic E-state index is 10.3. The Bertz CT molecular complexity index is 291. The number of nitrogens with zero attached hydrogens (tertiary/aromatic N) is 3. The van der Waals surface area contributed by atoms with E-state index in [0.717, 1.165) is 19.3 Å². The fourth-order valence-electron chi connectivity index (χ4n) is 2.15. The number of primary amides is 1. The van der Waals surface area contributed by atoms with Crippen LogP contribution in [0.25, 0.3) is 10.4 Å². The molecule has 7 nitrogen and oxygen atoms in total. The largest absolute Gasteiger partial charge is 0.447 e. The predicted molar refractivity (Wildman–Crippen MR) is 86.5 cm³/mol. The van der Waals surface area contributed by atoms with Crippen LogP contribution >= 0.6 is 0 Å². The summed E-state index contributed by atoms with van der Waals surface area (Å²) < 4.78 is 9.88. The van der Waals surface area contributed by atoms with E-state index in [1.54, 1.807) is 0 Å². The van der Waals surface area contributed by atoms with Crippen molar-refractivity contribution < 1.29 is 14.3 Å². The predicted octanol–water partition coefficient (Wildman–Crippen LogP) is 4.31. The average Bonchev–Trinajstić information content (AvgIpc) is 2.50. The topological polar surface area (TPSA) is 110 Å². The molecule has 2 N–H and O–H groups in total. The van der Waals surface area contributed by atoms with Crippen molar-refractivity contribution in [2.75, 3.05) is 26.4 Å². The van der Waals surface area contributed by atoms with Crippen LogP contribution < -0.4 is 5.73 Å². The van der Waals surface area contributed by atoms with E-state index in [1.807, 2.05) is 0 Å². The molecular weight excluding hydrogens is 284 g/mol. The smallest absolute Gasteiger partial charge is 0.404 e. The maximum atomic E-state index is 10.3. The molecule has 0 atom stereocenters. The third kappa shape index (κ3) is 18.5. The molecule has 0 radical (unpaired) electrons. The number of carbonyl (C=O) groups excluding carboxylic acids is 1. The Hall–Kier alpha value is -1.46. The van der Waals surface area contributed by atoms with E-state index in [-0.39, 0.29) is 6.61 Å². The molecule has 0 aromatic carbocycles. The first-order valence-electron chi connectivity index (χ1n) is 8.28. The number of azide groups is 1. The lowest BCUT2D eigenvalue weighted by molar-refractivity contribution is 0.0745. The minimum absolute atomic E-state index is 0.234. The summed E-state index contributed by atoms with van der Waals surface area (Å²) in [6.45, 7) is 2.00. The second kappa shape index (κ2) is 17.6. The van der Waals surface area contributed by atoms with Gasteiger partial charge in [-0.15, -0.1) is 0 Å². The van der Waals surface area contributed by atoms with Gasteiger partial charge in [-0.25, -0.2) is 4.79 Å². The van der Waals surface area contributed by atoms with Gasteiger partial charge < -0.3 is 15.2 Å². The number of unbranched alkanes of at least 4 members (excludes halogenated alkanes) is 9. The minimum atomic E-state index is -0.751. The first kappa shape index (κ1) is 20.5. The normalized spacial score (nSPS) is 10.2. The zero-order valence-electron chi connectivity index (χ0n) is 13.5. The van der Waals surface area contributed by atoms with Crippen LogP contribution in [-0.4, -0.2) is 32.5 Å². The molecular formula is C15H30N4O3. The van der Waals surface area contributed by atoms with Gasteiger partial charge >= 0.3 is 6.09 Å². The first-order valence-corrected chi connectivity index (χ1v) is 8.28. The van der Waals surface area contributed by atoms with Crippen molar-refractivity contribution in [3.63, 3.8) is 0 Å². The highest BCUT2D eigenvalue weighted by Gasteiger charge is 1.95. The summed E-state index contributed by atoms with van der Waals surface area (Å²) in [5, 5.41) is 3.52. The lowest BCUT2D eigenvalue weighted by atomic mass is 10.1.